The van der Waals surface area contributed by atoms with Gasteiger partial charge in [0, 0.05) is 44.1 Å². The molecule has 0 radical (unpaired) electrons. The second kappa shape index (κ2) is 7.35. The standard InChI is InChI=1S/C22H19N5O2/c28-21(26-10-12-27(13-11-26)22-23-8-3-9-24-22)19-20(29-15-25-19)18-7-6-16-4-1-2-5-17(16)14-18/h1-9,14-15H,10-13H2. The summed E-state index contributed by atoms with van der Waals surface area (Å²) in [5.74, 6) is 1.09. The van der Waals surface area contributed by atoms with E-state index in [2.05, 4.69) is 25.9 Å². The van der Waals surface area contributed by atoms with Gasteiger partial charge < -0.3 is 14.2 Å². The maximum absolute atomic E-state index is 13.1. The van der Waals surface area contributed by atoms with Crippen molar-refractivity contribution in [3.8, 4) is 11.3 Å². The molecule has 29 heavy (non-hydrogen) atoms. The molecule has 7 heteroatoms. The number of carbonyl (C=O) groups is 1. The zero-order valence-electron chi connectivity index (χ0n) is 15.7. The van der Waals surface area contributed by atoms with Crippen LogP contribution in [0.1, 0.15) is 10.5 Å². The van der Waals surface area contributed by atoms with Crippen LogP contribution in [0.4, 0.5) is 5.95 Å². The number of nitrogens with zero attached hydrogens (tertiary/aromatic N) is 5. The number of hydrogen-bond donors (Lipinski definition) is 0. The van der Waals surface area contributed by atoms with Gasteiger partial charge in [-0.05, 0) is 22.9 Å². The van der Waals surface area contributed by atoms with Crippen LogP contribution in [0.3, 0.4) is 0 Å². The number of rotatable bonds is 3. The summed E-state index contributed by atoms with van der Waals surface area (Å²) in [6, 6.07) is 15.9. The molecule has 1 amide bonds. The second-order valence-electron chi connectivity index (χ2n) is 6.92. The number of fused-ring (bicyclic) bond motifs is 1. The number of piperazine rings is 1. The van der Waals surface area contributed by atoms with E-state index in [0.29, 0.717) is 43.6 Å². The Morgan fingerprint density at radius 3 is 2.41 bits per heavy atom. The first-order valence-electron chi connectivity index (χ1n) is 9.53. The van der Waals surface area contributed by atoms with Gasteiger partial charge in [-0.3, -0.25) is 4.79 Å². The van der Waals surface area contributed by atoms with Crippen LogP contribution in [0.25, 0.3) is 22.1 Å². The molecular formula is C22H19N5O2. The van der Waals surface area contributed by atoms with Crippen LogP contribution in [0.2, 0.25) is 0 Å². The van der Waals surface area contributed by atoms with Gasteiger partial charge in [0.1, 0.15) is 0 Å². The molecule has 0 bridgehead atoms. The Morgan fingerprint density at radius 2 is 1.62 bits per heavy atom. The van der Waals surface area contributed by atoms with Crippen molar-refractivity contribution < 1.29 is 9.21 Å². The monoisotopic (exact) mass is 385 g/mol. The van der Waals surface area contributed by atoms with E-state index < -0.39 is 0 Å². The van der Waals surface area contributed by atoms with Gasteiger partial charge in [0.25, 0.3) is 5.91 Å². The van der Waals surface area contributed by atoms with Crippen LogP contribution in [0.15, 0.2) is 71.7 Å². The normalized spacial score (nSPS) is 14.3. The van der Waals surface area contributed by atoms with Gasteiger partial charge >= 0.3 is 0 Å². The van der Waals surface area contributed by atoms with Crippen LogP contribution < -0.4 is 4.90 Å². The SMILES string of the molecule is O=C(c1ncoc1-c1ccc2ccccc2c1)N1CCN(c2ncccn2)CC1. The maximum Gasteiger partial charge on any atom is 0.276 e. The molecule has 0 unspecified atom stereocenters. The van der Waals surface area contributed by atoms with Gasteiger partial charge in [0.2, 0.25) is 5.95 Å². The Kier molecular flexibility index (Phi) is 4.40. The molecule has 0 aliphatic carbocycles. The Hall–Kier alpha value is -3.74. The van der Waals surface area contributed by atoms with Gasteiger partial charge in [0.05, 0.1) is 0 Å². The highest BCUT2D eigenvalue weighted by molar-refractivity contribution is 5.99. The summed E-state index contributed by atoms with van der Waals surface area (Å²) in [6.45, 7) is 2.53. The average molecular weight is 385 g/mol. The van der Waals surface area contributed by atoms with Gasteiger partial charge in [0.15, 0.2) is 17.8 Å². The summed E-state index contributed by atoms with van der Waals surface area (Å²) in [6.07, 6.45) is 4.79. The number of aromatic nitrogens is 3. The lowest BCUT2D eigenvalue weighted by atomic mass is 10.0. The van der Waals surface area contributed by atoms with Crippen molar-refractivity contribution in [1.82, 2.24) is 19.9 Å². The fourth-order valence-corrected chi connectivity index (χ4v) is 3.65. The van der Waals surface area contributed by atoms with Crippen LogP contribution in [-0.2, 0) is 0 Å². The lowest BCUT2D eigenvalue weighted by molar-refractivity contribution is 0.0741. The molecule has 2 aromatic heterocycles. The number of oxazole rings is 1. The highest BCUT2D eigenvalue weighted by atomic mass is 16.3. The van der Waals surface area contributed by atoms with Gasteiger partial charge in [-0.25, -0.2) is 15.0 Å². The molecule has 4 aromatic rings. The highest BCUT2D eigenvalue weighted by Crippen LogP contribution is 2.28. The fraction of sp³-hybridized carbons (Fsp3) is 0.182. The summed E-state index contributed by atoms with van der Waals surface area (Å²) in [4.78, 5) is 29.8. The molecule has 144 valence electrons. The van der Waals surface area contributed by atoms with Crippen molar-refractivity contribution in [2.24, 2.45) is 0 Å². The summed E-state index contributed by atoms with van der Waals surface area (Å²) >= 11 is 0. The molecule has 3 heterocycles. The third-order valence-electron chi connectivity index (χ3n) is 5.18. The summed E-state index contributed by atoms with van der Waals surface area (Å²) in [7, 11) is 0. The summed E-state index contributed by atoms with van der Waals surface area (Å²) in [5, 5.41) is 2.24. The van der Waals surface area contributed by atoms with Crippen molar-refractivity contribution >= 4 is 22.6 Å². The predicted molar refractivity (Wildman–Crippen MR) is 110 cm³/mol. The first kappa shape index (κ1) is 17.4. The van der Waals surface area contributed by atoms with Crippen molar-refractivity contribution in [3.05, 3.63) is 73.0 Å². The van der Waals surface area contributed by atoms with E-state index in [1.54, 1.807) is 18.5 Å². The first-order chi connectivity index (χ1) is 14.3. The largest absolute Gasteiger partial charge is 0.443 e. The highest BCUT2D eigenvalue weighted by Gasteiger charge is 2.27. The molecule has 2 aromatic carbocycles. The van der Waals surface area contributed by atoms with Gasteiger partial charge in [-0.2, -0.15) is 0 Å². The Labute approximate surface area is 167 Å². The molecule has 0 spiro atoms. The molecule has 1 aliphatic rings. The third kappa shape index (κ3) is 3.31. The fourth-order valence-electron chi connectivity index (χ4n) is 3.65. The number of carbonyl (C=O) groups excluding carboxylic acids is 1. The topological polar surface area (TPSA) is 75.4 Å². The Morgan fingerprint density at radius 1 is 0.862 bits per heavy atom. The smallest absolute Gasteiger partial charge is 0.276 e. The number of hydrogen-bond acceptors (Lipinski definition) is 6. The van der Waals surface area contributed by atoms with Crippen LogP contribution >= 0.6 is 0 Å². The Bertz CT molecular complexity index is 1150. The van der Waals surface area contributed by atoms with Crippen LogP contribution in [0.5, 0.6) is 0 Å². The minimum atomic E-state index is -0.115. The second-order valence-corrected chi connectivity index (χ2v) is 6.92. The summed E-state index contributed by atoms with van der Waals surface area (Å²) in [5.41, 5.74) is 1.20. The van der Waals surface area contributed by atoms with Gasteiger partial charge in [-0.1, -0.05) is 36.4 Å². The van der Waals surface area contributed by atoms with Crippen molar-refractivity contribution in [2.45, 2.75) is 0 Å². The zero-order valence-corrected chi connectivity index (χ0v) is 15.7. The molecule has 1 saturated heterocycles. The van der Waals surface area contributed by atoms with Crippen LogP contribution in [-0.4, -0.2) is 51.9 Å². The van der Waals surface area contributed by atoms with Crippen LogP contribution in [0, 0.1) is 0 Å². The van der Waals surface area contributed by atoms with E-state index in [9.17, 15) is 4.79 Å². The molecule has 1 fully saturated rings. The number of benzene rings is 2. The maximum atomic E-state index is 13.1. The van der Waals surface area contributed by atoms with E-state index in [4.69, 9.17) is 4.42 Å². The van der Waals surface area contributed by atoms with Crippen molar-refractivity contribution in [1.29, 1.82) is 0 Å². The minimum Gasteiger partial charge on any atom is -0.443 e. The number of amides is 1. The van der Waals surface area contributed by atoms with E-state index in [1.165, 1.54) is 6.39 Å². The molecule has 0 atom stereocenters. The lowest BCUT2D eigenvalue weighted by Gasteiger charge is -2.34. The molecule has 1 aliphatic heterocycles. The lowest BCUT2D eigenvalue weighted by Crippen LogP contribution is -2.49. The Balaban J connectivity index is 1.36. The summed E-state index contributed by atoms with van der Waals surface area (Å²) < 4.78 is 5.61. The average Bonchev–Trinajstić information content (AvgIpc) is 3.29. The van der Waals surface area contributed by atoms with Crippen molar-refractivity contribution in [2.75, 3.05) is 31.1 Å². The third-order valence-corrected chi connectivity index (χ3v) is 5.18. The molecule has 7 nitrogen and oxygen atoms in total. The first-order valence-corrected chi connectivity index (χ1v) is 9.53. The van der Waals surface area contributed by atoms with E-state index in [-0.39, 0.29) is 5.91 Å². The molecular weight excluding hydrogens is 366 g/mol. The predicted octanol–water partition coefficient (Wildman–Crippen LogP) is 3.25. The quantitative estimate of drug-likeness (QED) is 0.539. The number of anilines is 1. The van der Waals surface area contributed by atoms with Crippen molar-refractivity contribution in [3.63, 3.8) is 0 Å². The zero-order chi connectivity index (χ0) is 19.6. The molecule has 0 N–H and O–H groups in total. The van der Waals surface area contributed by atoms with Gasteiger partial charge in [-0.15, -0.1) is 0 Å². The minimum absolute atomic E-state index is 0.115. The van der Waals surface area contributed by atoms with E-state index in [1.807, 2.05) is 41.3 Å². The molecule has 5 rings (SSSR count). The van der Waals surface area contributed by atoms with E-state index >= 15 is 0 Å². The van der Waals surface area contributed by atoms with E-state index in [0.717, 1.165) is 16.3 Å². The molecule has 0 saturated carbocycles.